The molecule has 2 N–H and O–H groups in total. The molecule has 1 saturated heterocycles. The summed E-state index contributed by atoms with van der Waals surface area (Å²) in [5.74, 6) is 0. The summed E-state index contributed by atoms with van der Waals surface area (Å²) in [7, 11) is 0. The molecule has 0 aromatic heterocycles. The van der Waals surface area contributed by atoms with Crippen molar-refractivity contribution in [3.05, 3.63) is 0 Å². The molecule has 0 spiro atoms. The number of hydrogen-bond donors (Lipinski definition) is 0. The summed E-state index contributed by atoms with van der Waals surface area (Å²) in [4.78, 5) is 2.38. The summed E-state index contributed by atoms with van der Waals surface area (Å²) in [5.41, 5.74) is 0. The van der Waals surface area contributed by atoms with Gasteiger partial charge in [-0.15, -0.1) is 0 Å². The molecule has 4 nitrogen and oxygen atoms in total. The van der Waals surface area contributed by atoms with Crippen molar-refractivity contribution in [1.82, 2.24) is 4.90 Å². The van der Waals surface area contributed by atoms with Crippen molar-refractivity contribution in [3.63, 3.8) is 0 Å². The van der Waals surface area contributed by atoms with Crippen LogP contribution in [0.25, 0.3) is 0 Å². The Bertz CT molecular complexity index is 76.3. The van der Waals surface area contributed by atoms with Gasteiger partial charge in [-0.2, -0.15) is 0 Å². The van der Waals surface area contributed by atoms with Crippen LogP contribution in [0.15, 0.2) is 0 Å². The Labute approximate surface area is 87.5 Å². The van der Waals surface area contributed by atoms with Crippen molar-refractivity contribution < 1.29 is 14.9 Å². The van der Waals surface area contributed by atoms with E-state index in [1.54, 1.807) is 0 Å². The van der Waals surface area contributed by atoms with Crippen LogP contribution in [0, 0.1) is 0 Å². The number of nitrogens with zero attached hydrogens (tertiary/aromatic N) is 1. The van der Waals surface area contributed by atoms with Crippen molar-refractivity contribution in [2.24, 2.45) is 0 Å². The average Bonchev–Trinajstić information content (AvgIpc) is 2.24. The van der Waals surface area contributed by atoms with Gasteiger partial charge in [-0.25, -0.2) is 0 Å². The van der Waals surface area contributed by atoms with Crippen LogP contribution in [0.4, 0.5) is 0 Å². The third kappa shape index (κ3) is 9.92. The lowest BCUT2D eigenvalue weighted by atomic mass is 10.5. The van der Waals surface area contributed by atoms with Gasteiger partial charge in [-0.3, -0.25) is 0 Å². The minimum Gasteiger partial charge on any atom is -0.412 e. The van der Waals surface area contributed by atoms with Crippen molar-refractivity contribution in [3.8, 4) is 0 Å². The van der Waals surface area contributed by atoms with E-state index in [1.165, 1.54) is 19.6 Å². The van der Waals surface area contributed by atoms with Crippen molar-refractivity contribution in [2.75, 3.05) is 46.1 Å². The highest BCUT2D eigenvalue weighted by atomic mass is 16.6. The molecule has 4 heteroatoms. The van der Waals surface area contributed by atoms with E-state index in [2.05, 4.69) is 25.7 Å². The molecule has 1 aliphatic heterocycles. The van der Waals surface area contributed by atoms with E-state index in [1.807, 2.05) is 0 Å². The molecule has 0 aromatic carbocycles. The first-order chi connectivity index (χ1) is 6.35. The van der Waals surface area contributed by atoms with Gasteiger partial charge in [0, 0.05) is 0 Å². The van der Waals surface area contributed by atoms with Gasteiger partial charge in [0.05, 0.1) is 26.4 Å². The Morgan fingerprint density at radius 3 is 1.14 bits per heavy atom. The predicted octanol–water partition coefficient (Wildman–Crippen LogP) is 0.557. The van der Waals surface area contributed by atoms with E-state index >= 15 is 0 Å². The first-order valence-corrected chi connectivity index (χ1v) is 5.22. The monoisotopic (exact) mass is 207 g/mol. The molecule has 0 aliphatic carbocycles. The Morgan fingerprint density at radius 1 is 0.786 bits per heavy atom. The van der Waals surface area contributed by atoms with E-state index in [-0.39, 0.29) is 5.48 Å². The van der Waals surface area contributed by atoms with Gasteiger partial charge in [0.2, 0.25) is 0 Å². The second-order valence-electron chi connectivity index (χ2n) is 2.84. The minimum absolute atomic E-state index is 0. The van der Waals surface area contributed by atoms with E-state index in [9.17, 15) is 0 Å². The second kappa shape index (κ2) is 12.8. The molecule has 88 valence electrons. The Kier molecular flexibility index (Phi) is 14.9. The number of rotatable bonds is 3. The van der Waals surface area contributed by atoms with E-state index in [4.69, 9.17) is 9.47 Å². The lowest BCUT2D eigenvalue weighted by molar-refractivity contribution is -0.0334. The Morgan fingerprint density at radius 2 is 1.07 bits per heavy atom. The van der Waals surface area contributed by atoms with Crippen LogP contribution >= 0.6 is 0 Å². The molecule has 0 radical (unpaired) electrons. The molecule has 0 unspecified atom stereocenters. The second-order valence-corrected chi connectivity index (χ2v) is 2.84. The molecule has 14 heavy (non-hydrogen) atoms. The standard InChI is InChI=1S/C6H15N.C4H8O2.H2O/c1-4-7(5-2)6-3;1-2-6-4-3-5-1;/h4-6H2,1-3H3;1-4H2;1H2. The van der Waals surface area contributed by atoms with Gasteiger partial charge in [-0.05, 0) is 19.6 Å². The molecule has 1 aliphatic rings. The van der Waals surface area contributed by atoms with Crippen LogP contribution in [0.2, 0.25) is 0 Å². The highest BCUT2D eigenvalue weighted by Crippen LogP contribution is 1.85. The van der Waals surface area contributed by atoms with Gasteiger partial charge in [-0.1, -0.05) is 20.8 Å². The molecule has 0 atom stereocenters. The molecule has 1 rings (SSSR count). The van der Waals surface area contributed by atoms with Gasteiger partial charge in [0.1, 0.15) is 0 Å². The zero-order valence-corrected chi connectivity index (χ0v) is 9.71. The van der Waals surface area contributed by atoms with Crippen LogP contribution < -0.4 is 0 Å². The zero-order valence-electron chi connectivity index (χ0n) is 9.71. The maximum absolute atomic E-state index is 4.94. The first-order valence-electron chi connectivity index (χ1n) is 5.22. The van der Waals surface area contributed by atoms with Gasteiger partial charge < -0.3 is 19.8 Å². The molecule has 0 aromatic rings. The molecule has 0 saturated carbocycles. The summed E-state index contributed by atoms with van der Waals surface area (Å²) in [6.45, 7) is 13.2. The quantitative estimate of drug-likeness (QED) is 0.679. The fraction of sp³-hybridized carbons (Fsp3) is 1.00. The fourth-order valence-corrected chi connectivity index (χ4v) is 1.11. The molecular weight excluding hydrogens is 182 g/mol. The Hall–Kier alpha value is -0.160. The van der Waals surface area contributed by atoms with Crippen LogP contribution in [0.5, 0.6) is 0 Å². The van der Waals surface area contributed by atoms with Gasteiger partial charge in [0.25, 0.3) is 0 Å². The lowest BCUT2D eigenvalue weighted by Crippen LogP contribution is -2.21. The average molecular weight is 207 g/mol. The van der Waals surface area contributed by atoms with Crippen LogP contribution in [0.3, 0.4) is 0 Å². The largest absolute Gasteiger partial charge is 0.412 e. The van der Waals surface area contributed by atoms with E-state index < -0.39 is 0 Å². The van der Waals surface area contributed by atoms with Gasteiger partial charge in [0.15, 0.2) is 0 Å². The number of ether oxygens (including phenoxy) is 2. The minimum atomic E-state index is 0. The summed E-state index contributed by atoms with van der Waals surface area (Å²) in [5, 5.41) is 0. The Balaban J connectivity index is 0. The molecule has 1 heterocycles. The molecule has 0 bridgehead atoms. The lowest BCUT2D eigenvalue weighted by Gasteiger charge is -2.13. The summed E-state index contributed by atoms with van der Waals surface area (Å²) >= 11 is 0. The first kappa shape index (κ1) is 16.3. The number of hydrogen-bond acceptors (Lipinski definition) is 3. The molecule has 1 fully saturated rings. The SMILES string of the molecule is C1COCCO1.CCN(CC)CC.O. The van der Waals surface area contributed by atoms with Crippen LogP contribution in [0.1, 0.15) is 20.8 Å². The van der Waals surface area contributed by atoms with E-state index in [0.717, 1.165) is 26.4 Å². The molecular formula is C10H25NO3. The highest BCUT2D eigenvalue weighted by Gasteiger charge is 1.94. The highest BCUT2D eigenvalue weighted by molar-refractivity contribution is 4.43. The van der Waals surface area contributed by atoms with Crippen LogP contribution in [-0.4, -0.2) is 56.4 Å². The summed E-state index contributed by atoms with van der Waals surface area (Å²) < 4.78 is 9.89. The van der Waals surface area contributed by atoms with Crippen molar-refractivity contribution in [1.29, 1.82) is 0 Å². The van der Waals surface area contributed by atoms with E-state index in [0.29, 0.717) is 0 Å². The van der Waals surface area contributed by atoms with Crippen molar-refractivity contribution >= 4 is 0 Å². The van der Waals surface area contributed by atoms with Crippen molar-refractivity contribution in [2.45, 2.75) is 20.8 Å². The topological polar surface area (TPSA) is 53.2 Å². The maximum Gasteiger partial charge on any atom is 0.0701 e. The molecule has 0 amide bonds. The predicted molar refractivity (Wildman–Crippen MR) is 58.7 cm³/mol. The summed E-state index contributed by atoms with van der Waals surface area (Å²) in [6.07, 6.45) is 0. The fourth-order valence-electron chi connectivity index (χ4n) is 1.11. The normalized spacial score (nSPS) is 15.4. The third-order valence-corrected chi connectivity index (χ3v) is 2.09. The smallest absolute Gasteiger partial charge is 0.0701 e. The van der Waals surface area contributed by atoms with Gasteiger partial charge >= 0.3 is 0 Å². The zero-order chi connectivity index (χ0) is 9.94. The third-order valence-electron chi connectivity index (χ3n) is 2.09. The van der Waals surface area contributed by atoms with Crippen LogP contribution in [-0.2, 0) is 9.47 Å². The summed E-state index contributed by atoms with van der Waals surface area (Å²) in [6, 6.07) is 0. The maximum atomic E-state index is 4.94.